The molecule has 1 amide bonds. The minimum Gasteiger partial charge on any atom is -0.486 e. The van der Waals surface area contributed by atoms with Crippen LogP contribution >= 0.6 is 0 Å². The molecule has 2 heterocycles. The van der Waals surface area contributed by atoms with Crippen LogP contribution in [-0.2, 0) is 19.3 Å². The third kappa shape index (κ3) is 3.46. The van der Waals surface area contributed by atoms with Gasteiger partial charge in [0.15, 0.2) is 17.2 Å². The van der Waals surface area contributed by atoms with Crippen LogP contribution in [-0.4, -0.2) is 35.4 Å². The fraction of sp³-hybridized carbons (Fsp3) is 0.304. The van der Waals surface area contributed by atoms with Gasteiger partial charge < -0.3 is 14.8 Å². The third-order valence-electron chi connectivity index (χ3n) is 5.45. The summed E-state index contributed by atoms with van der Waals surface area (Å²) in [4.78, 5) is 12.8. The van der Waals surface area contributed by atoms with Crippen LogP contribution in [0.25, 0.3) is 5.69 Å². The Kier molecular flexibility index (Phi) is 4.68. The molecule has 0 spiro atoms. The Labute approximate surface area is 169 Å². The number of nitrogens with one attached hydrogen (secondary N) is 1. The molecule has 6 heteroatoms. The lowest BCUT2D eigenvalue weighted by Gasteiger charge is -2.18. The molecule has 5 rings (SSSR count). The minimum absolute atomic E-state index is 0.102. The molecule has 0 bridgehead atoms. The van der Waals surface area contributed by atoms with E-state index >= 15 is 0 Å². The van der Waals surface area contributed by atoms with E-state index < -0.39 is 0 Å². The topological polar surface area (TPSA) is 65.4 Å². The number of ether oxygens (including phenoxy) is 2. The number of benzene rings is 2. The maximum atomic E-state index is 12.8. The van der Waals surface area contributed by atoms with Gasteiger partial charge in [0.05, 0.1) is 5.69 Å². The molecule has 2 aliphatic rings. The van der Waals surface area contributed by atoms with E-state index in [0.717, 1.165) is 59.7 Å². The standard InChI is InChI=1S/C23H23N3O3/c27-23(24-12-11-16-9-10-20-21(15-16)29-14-13-28-20)22-18-7-4-8-19(18)26(25-22)17-5-2-1-3-6-17/h1-3,5-6,9-10,15H,4,7-8,11-14H2,(H,24,27). The third-order valence-corrected chi connectivity index (χ3v) is 5.45. The molecule has 1 aliphatic heterocycles. The summed E-state index contributed by atoms with van der Waals surface area (Å²) in [5.74, 6) is 1.46. The largest absolute Gasteiger partial charge is 0.486 e. The van der Waals surface area contributed by atoms with Gasteiger partial charge in [-0.1, -0.05) is 24.3 Å². The smallest absolute Gasteiger partial charge is 0.272 e. The monoisotopic (exact) mass is 389 g/mol. The fourth-order valence-corrected chi connectivity index (χ4v) is 4.05. The zero-order chi connectivity index (χ0) is 19.6. The number of carbonyl (C=O) groups is 1. The Bertz CT molecular complexity index is 1040. The maximum Gasteiger partial charge on any atom is 0.272 e. The second-order valence-electron chi connectivity index (χ2n) is 7.36. The van der Waals surface area contributed by atoms with Gasteiger partial charge in [-0.05, 0) is 55.5 Å². The summed E-state index contributed by atoms with van der Waals surface area (Å²) in [5.41, 5.74) is 4.91. The van der Waals surface area contributed by atoms with Crippen LogP contribution in [0.1, 0.15) is 33.7 Å². The number of para-hydroxylation sites is 1. The second-order valence-corrected chi connectivity index (χ2v) is 7.36. The van der Waals surface area contributed by atoms with E-state index in [2.05, 4.69) is 10.4 Å². The summed E-state index contributed by atoms with van der Waals surface area (Å²) in [6.07, 6.45) is 3.66. The SMILES string of the molecule is O=C(NCCc1ccc2c(c1)OCCO2)c1nn(-c2ccccc2)c2c1CCC2. The molecule has 0 radical (unpaired) electrons. The number of fused-ring (bicyclic) bond motifs is 2. The van der Waals surface area contributed by atoms with Gasteiger partial charge in [-0.25, -0.2) is 4.68 Å². The van der Waals surface area contributed by atoms with E-state index in [9.17, 15) is 4.79 Å². The molecule has 148 valence electrons. The average molecular weight is 389 g/mol. The van der Waals surface area contributed by atoms with Crippen LogP contribution < -0.4 is 14.8 Å². The minimum atomic E-state index is -0.102. The van der Waals surface area contributed by atoms with Crippen molar-refractivity contribution in [2.75, 3.05) is 19.8 Å². The summed E-state index contributed by atoms with van der Waals surface area (Å²) in [5, 5.41) is 7.69. The van der Waals surface area contributed by atoms with Crippen molar-refractivity contribution < 1.29 is 14.3 Å². The summed E-state index contributed by atoms with van der Waals surface area (Å²) in [6, 6.07) is 15.9. The Morgan fingerprint density at radius 1 is 1.03 bits per heavy atom. The molecule has 2 aromatic carbocycles. The van der Waals surface area contributed by atoms with Crippen LogP contribution in [0.15, 0.2) is 48.5 Å². The highest BCUT2D eigenvalue weighted by atomic mass is 16.6. The van der Waals surface area contributed by atoms with E-state index in [1.165, 1.54) is 0 Å². The number of nitrogens with zero attached hydrogens (tertiary/aromatic N) is 2. The number of amides is 1. The first kappa shape index (κ1) is 17.8. The molecule has 0 fully saturated rings. The predicted molar refractivity (Wildman–Crippen MR) is 109 cm³/mol. The molecule has 3 aromatic rings. The van der Waals surface area contributed by atoms with Crippen molar-refractivity contribution in [1.29, 1.82) is 0 Å². The molecule has 1 N–H and O–H groups in total. The highest BCUT2D eigenvalue weighted by molar-refractivity contribution is 5.94. The van der Waals surface area contributed by atoms with Gasteiger partial charge in [-0.15, -0.1) is 0 Å². The Hall–Kier alpha value is -3.28. The molecule has 0 unspecified atom stereocenters. The molecule has 0 atom stereocenters. The van der Waals surface area contributed by atoms with Crippen LogP contribution in [0.2, 0.25) is 0 Å². The van der Waals surface area contributed by atoms with E-state index in [1.807, 2.05) is 53.2 Å². The summed E-state index contributed by atoms with van der Waals surface area (Å²) in [7, 11) is 0. The highest BCUT2D eigenvalue weighted by Gasteiger charge is 2.26. The quantitative estimate of drug-likeness (QED) is 0.728. The van der Waals surface area contributed by atoms with Gasteiger partial charge >= 0.3 is 0 Å². The first-order chi connectivity index (χ1) is 14.3. The average Bonchev–Trinajstić information content (AvgIpc) is 3.37. The molecule has 1 aliphatic carbocycles. The molecular weight excluding hydrogens is 366 g/mol. The van der Waals surface area contributed by atoms with E-state index in [4.69, 9.17) is 9.47 Å². The van der Waals surface area contributed by atoms with E-state index in [-0.39, 0.29) is 5.91 Å². The van der Waals surface area contributed by atoms with Gasteiger partial charge in [0, 0.05) is 17.8 Å². The normalized spacial score (nSPS) is 14.5. The first-order valence-corrected chi connectivity index (χ1v) is 10.1. The predicted octanol–water partition coefficient (Wildman–Crippen LogP) is 3.10. The molecule has 29 heavy (non-hydrogen) atoms. The van der Waals surface area contributed by atoms with Gasteiger partial charge in [0.25, 0.3) is 5.91 Å². The Balaban J connectivity index is 1.28. The van der Waals surface area contributed by atoms with Crippen molar-refractivity contribution in [1.82, 2.24) is 15.1 Å². The lowest BCUT2D eigenvalue weighted by molar-refractivity contribution is 0.0948. The lowest BCUT2D eigenvalue weighted by atomic mass is 10.1. The van der Waals surface area contributed by atoms with Crippen LogP contribution in [0.3, 0.4) is 0 Å². The summed E-state index contributed by atoms with van der Waals surface area (Å²) in [6.45, 7) is 1.70. The molecular formula is C23H23N3O3. The highest BCUT2D eigenvalue weighted by Crippen LogP contribution is 2.31. The van der Waals surface area contributed by atoms with Crippen LogP contribution in [0.5, 0.6) is 11.5 Å². The number of rotatable bonds is 5. The van der Waals surface area contributed by atoms with Gasteiger partial charge in [-0.2, -0.15) is 5.10 Å². The van der Waals surface area contributed by atoms with Crippen molar-refractivity contribution in [2.45, 2.75) is 25.7 Å². The van der Waals surface area contributed by atoms with Gasteiger partial charge in [0.2, 0.25) is 0 Å². The lowest BCUT2D eigenvalue weighted by Crippen LogP contribution is -2.27. The number of aromatic nitrogens is 2. The van der Waals surface area contributed by atoms with E-state index in [0.29, 0.717) is 25.5 Å². The fourth-order valence-electron chi connectivity index (χ4n) is 4.05. The number of hydrogen-bond donors (Lipinski definition) is 1. The Morgan fingerprint density at radius 3 is 2.72 bits per heavy atom. The molecule has 6 nitrogen and oxygen atoms in total. The summed E-state index contributed by atoms with van der Waals surface area (Å²) >= 11 is 0. The van der Waals surface area contributed by atoms with Gasteiger partial charge in [0.1, 0.15) is 13.2 Å². The second kappa shape index (κ2) is 7.62. The molecule has 1 aromatic heterocycles. The first-order valence-electron chi connectivity index (χ1n) is 10.1. The van der Waals surface area contributed by atoms with Crippen molar-refractivity contribution in [3.8, 4) is 17.2 Å². The van der Waals surface area contributed by atoms with Crippen molar-refractivity contribution in [2.24, 2.45) is 0 Å². The molecule has 0 saturated heterocycles. The zero-order valence-electron chi connectivity index (χ0n) is 16.2. The van der Waals surface area contributed by atoms with Crippen molar-refractivity contribution in [3.63, 3.8) is 0 Å². The maximum absolute atomic E-state index is 12.8. The number of hydrogen-bond acceptors (Lipinski definition) is 4. The Morgan fingerprint density at radius 2 is 1.86 bits per heavy atom. The zero-order valence-corrected chi connectivity index (χ0v) is 16.2. The molecule has 0 saturated carbocycles. The van der Waals surface area contributed by atoms with E-state index in [1.54, 1.807) is 0 Å². The van der Waals surface area contributed by atoms with Crippen LogP contribution in [0.4, 0.5) is 0 Å². The van der Waals surface area contributed by atoms with Crippen molar-refractivity contribution >= 4 is 5.91 Å². The van der Waals surface area contributed by atoms with Gasteiger partial charge in [-0.3, -0.25) is 4.79 Å². The van der Waals surface area contributed by atoms with Crippen LogP contribution in [0, 0.1) is 0 Å². The number of carbonyl (C=O) groups excluding carboxylic acids is 1. The van der Waals surface area contributed by atoms with Crippen molar-refractivity contribution in [3.05, 3.63) is 71.0 Å². The summed E-state index contributed by atoms with van der Waals surface area (Å²) < 4.78 is 13.1.